The van der Waals surface area contributed by atoms with Gasteiger partial charge in [-0.25, -0.2) is 0 Å². The van der Waals surface area contributed by atoms with Crippen LogP contribution in [0.3, 0.4) is 0 Å². The van der Waals surface area contributed by atoms with Crippen molar-refractivity contribution in [2.45, 2.75) is 19.0 Å². The van der Waals surface area contributed by atoms with E-state index < -0.39 is 13.3 Å². The third kappa shape index (κ3) is 3.74. The predicted octanol–water partition coefficient (Wildman–Crippen LogP) is 1.44. The van der Waals surface area contributed by atoms with Crippen LogP contribution in [0.15, 0.2) is 0 Å². The van der Waals surface area contributed by atoms with E-state index in [-0.39, 0.29) is 18.1 Å². The van der Waals surface area contributed by atoms with Crippen molar-refractivity contribution in [2.24, 2.45) is 0 Å². The van der Waals surface area contributed by atoms with Gasteiger partial charge in [0, 0.05) is 20.6 Å². The van der Waals surface area contributed by atoms with Gasteiger partial charge in [0.15, 0.2) is 5.90 Å². The Bertz CT molecular complexity index is 283. The molecule has 0 radical (unpaired) electrons. The molecule has 6 nitrogen and oxygen atoms in total. The van der Waals surface area contributed by atoms with Crippen LogP contribution in [0.2, 0.25) is 0 Å². The van der Waals surface area contributed by atoms with Crippen LogP contribution in [-0.4, -0.2) is 38.7 Å². The van der Waals surface area contributed by atoms with Gasteiger partial charge in [-0.15, -0.1) is 0 Å². The first-order valence-corrected chi connectivity index (χ1v) is 5.85. The number of ether oxygens (including phenoxy) is 1. The van der Waals surface area contributed by atoms with Crippen LogP contribution in [-0.2, 0) is 23.1 Å². The van der Waals surface area contributed by atoms with Gasteiger partial charge in [0.2, 0.25) is 0 Å². The zero-order valence-corrected chi connectivity index (χ0v) is 10.2. The number of carbonyl (C=O) groups excluding carboxylic acids is 1. The Morgan fingerprint density at radius 2 is 1.80 bits per heavy atom. The van der Waals surface area contributed by atoms with Gasteiger partial charge in [-0.1, -0.05) is 0 Å². The highest BCUT2D eigenvalue weighted by Crippen LogP contribution is 2.53. The molecule has 0 saturated carbocycles. The van der Waals surface area contributed by atoms with E-state index in [2.05, 4.69) is 4.74 Å². The molecule has 0 amide bonds. The highest BCUT2D eigenvalue weighted by molar-refractivity contribution is 7.55. The van der Waals surface area contributed by atoms with Crippen molar-refractivity contribution in [3.8, 4) is 0 Å². The van der Waals surface area contributed by atoms with E-state index >= 15 is 0 Å². The predicted molar refractivity (Wildman–Crippen MR) is 55.4 cm³/mol. The minimum atomic E-state index is -3.48. The van der Waals surface area contributed by atoms with E-state index in [1.165, 1.54) is 28.3 Å². The largest absolute Gasteiger partial charge is 0.484 e. The summed E-state index contributed by atoms with van der Waals surface area (Å²) in [6, 6.07) is 0. The molecule has 0 saturated heterocycles. The molecule has 0 fully saturated rings. The summed E-state index contributed by atoms with van der Waals surface area (Å²) in [6.45, 7) is 1.28. The summed E-state index contributed by atoms with van der Waals surface area (Å²) in [5.41, 5.74) is -0.986. The summed E-state index contributed by atoms with van der Waals surface area (Å²) in [7, 11) is 0.235. The van der Waals surface area contributed by atoms with Gasteiger partial charge in [-0.05, 0) is 6.92 Å². The molecule has 1 unspecified atom stereocenters. The van der Waals surface area contributed by atoms with Crippen LogP contribution < -0.4 is 0 Å². The number of nitrogens with one attached hydrogen (secondary N) is 1. The van der Waals surface area contributed by atoms with Crippen LogP contribution in [0.5, 0.6) is 0 Å². The molecule has 0 aromatic rings. The first-order chi connectivity index (χ1) is 6.91. The maximum absolute atomic E-state index is 11.9. The molecule has 1 N–H and O–H groups in total. The lowest BCUT2D eigenvalue weighted by atomic mass is 10.2. The zero-order chi connectivity index (χ0) is 12.1. The molecule has 0 aliphatic rings. The van der Waals surface area contributed by atoms with E-state index in [1.54, 1.807) is 0 Å². The van der Waals surface area contributed by atoms with Crippen molar-refractivity contribution in [2.75, 3.05) is 21.3 Å². The van der Waals surface area contributed by atoms with Crippen molar-refractivity contribution in [3.63, 3.8) is 0 Å². The molecule has 0 aliphatic heterocycles. The van der Waals surface area contributed by atoms with Crippen molar-refractivity contribution in [1.29, 1.82) is 5.41 Å². The Labute approximate surface area is 88.9 Å². The molecule has 7 heteroatoms. The molecule has 15 heavy (non-hydrogen) atoms. The molecular weight excluding hydrogens is 221 g/mol. The Hall–Kier alpha value is -0.710. The summed E-state index contributed by atoms with van der Waals surface area (Å²) >= 11 is 0. The van der Waals surface area contributed by atoms with Gasteiger partial charge in [0.1, 0.15) is 11.4 Å². The second-order valence-electron chi connectivity index (χ2n) is 2.86. The SMILES string of the molecule is COC(=N)CC(C(C)=O)P(=O)(OC)OC. The Balaban J connectivity index is 4.88. The summed E-state index contributed by atoms with van der Waals surface area (Å²) in [5.74, 6) is -0.492. The van der Waals surface area contributed by atoms with E-state index in [0.29, 0.717) is 0 Å². The molecule has 1 atom stereocenters. The average molecular weight is 237 g/mol. The molecule has 0 aromatic heterocycles. The van der Waals surface area contributed by atoms with E-state index in [1.807, 2.05) is 0 Å². The third-order valence-corrected chi connectivity index (χ3v) is 4.31. The van der Waals surface area contributed by atoms with Gasteiger partial charge in [0.25, 0.3) is 0 Å². The molecule has 0 rings (SSSR count). The molecule has 0 aromatic carbocycles. The zero-order valence-electron chi connectivity index (χ0n) is 9.27. The highest BCUT2D eigenvalue weighted by Gasteiger charge is 2.38. The van der Waals surface area contributed by atoms with E-state index in [0.717, 1.165) is 0 Å². The Morgan fingerprint density at radius 1 is 1.33 bits per heavy atom. The van der Waals surface area contributed by atoms with Crippen LogP contribution >= 0.6 is 7.60 Å². The number of hydrogen-bond acceptors (Lipinski definition) is 6. The van der Waals surface area contributed by atoms with Crippen LogP contribution in [0.1, 0.15) is 13.3 Å². The minimum Gasteiger partial charge on any atom is -0.484 e. The number of Topliss-reactive ketones (excluding diaryl/α,β-unsaturated/α-hetero) is 1. The first kappa shape index (κ1) is 14.3. The van der Waals surface area contributed by atoms with Gasteiger partial charge < -0.3 is 13.8 Å². The maximum atomic E-state index is 11.9. The monoisotopic (exact) mass is 237 g/mol. The molecule has 0 aliphatic carbocycles. The molecular formula is C8H16NO5P. The third-order valence-electron chi connectivity index (χ3n) is 1.99. The first-order valence-electron chi connectivity index (χ1n) is 4.24. The molecule has 0 heterocycles. The fraction of sp³-hybridized carbons (Fsp3) is 0.750. The second-order valence-corrected chi connectivity index (χ2v) is 5.30. The molecule has 0 bridgehead atoms. The minimum absolute atomic E-state index is 0.0925. The normalized spacial score (nSPS) is 13.3. The van der Waals surface area contributed by atoms with Crippen LogP contribution in [0.25, 0.3) is 0 Å². The Kier molecular flexibility index (Phi) is 5.72. The fourth-order valence-electron chi connectivity index (χ4n) is 1.07. The summed E-state index contributed by atoms with van der Waals surface area (Å²) in [6.07, 6.45) is -0.0925. The van der Waals surface area contributed by atoms with Crippen molar-refractivity contribution in [3.05, 3.63) is 0 Å². The van der Waals surface area contributed by atoms with Crippen LogP contribution in [0.4, 0.5) is 0 Å². The lowest BCUT2D eigenvalue weighted by Crippen LogP contribution is -2.24. The van der Waals surface area contributed by atoms with Crippen molar-refractivity contribution in [1.82, 2.24) is 0 Å². The summed E-state index contributed by atoms with van der Waals surface area (Å²) < 4.78 is 26.0. The number of rotatable bonds is 6. The van der Waals surface area contributed by atoms with Gasteiger partial charge in [-0.2, -0.15) is 0 Å². The summed E-state index contributed by atoms with van der Waals surface area (Å²) in [5, 5.41) is 7.28. The smallest absolute Gasteiger partial charge is 0.341 e. The van der Waals surface area contributed by atoms with Crippen molar-refractivity contribution < 1.29 is 23.1 Å². The number of ketones is 1. The molecule has 88 valence electrons. The van der Waals surface area contributed by atoms with Gasteiger partial charge in [-0.3, -0.25) is 14.8 Å². The summed E-state index contributed by atoms with van der Waals surface area (Å²) in [4.78, 5) is 11.3. The second kappa shape index (κ2) is 6.00. The maximum Gasteiger partial charge on any atom is 0.341 e. The average Bonchev–Trinajstić information content (AvgIpc) is 2.23. The lowest BCUT2D eigenvalue weighted by Gasteiger charge is -2.21. The number of carbonyl (C=O) groups is 1. The number of hydrogen-bond donors (Lipinski definition) is 1. The number of methoxy groups -OCH3 is 1. The highest BCUT2D eigenvalue weighted by atomic mass is 31.2. The molecule has 0 spiro atoms. The van der Waals surface area contributed by atoms with E-state index in [9.17, 15) is 9.36 Å². The van der Waals surface area contributed by atoms with E-state index in [4.69, 9.17) is 14.5 Å². The fourth-order valence-corrected chi connectivity index (χ4v) is 2.56. The van der Waals surface area contributed by atoms with Gasteiger partial charge >= 0.3 is 7.60 Å². The standard InChI is InChI=1S/C8H16NO5P/c1-6(10)7(5-8(9)12-2)15(11,13-3)14-4/h7,9H,5H2,1-4H3. The Morgan fingerprint density at radius 3 is 2.07 bits per heavy atom. The topological polar surface area (TPSA) is 85.7 Å². The van der Waals surface area contributed by atoms with Crippen molar-refractivity contribution >= 4 is 19.3 Å². The van der Waals surface area contributed by atoms with Gasteiger partial charge in [0.05, 0.1) is 7.11 Å². The quantitative estimate of drug-likeness (QED) is 0.429. The van der Waals surface area contributed by atoms with Crippen LogP contribution in [0, 0.1) is 5.41 Å². The lowest BCUT2D eigenvalue weighted by molar-refractivity contribution is -0.116.